The molecular formula is C26H30N4O4S. The number of nitrogens with zero attached hydrogens (tertiary/aromatic N) is 4. The number of aryl methyl sites for hydroxylation is 1. The summed E-state index contributed by atoms with van der Waals surface area (Å²) in [5.41, 5.74) is 2.39. The maximum absolute atomic E-state index is 13.0. The van der Waals surface area contributed by atoms with Gasteiger partial charge in [-0.05, 0) is 63.3 Å². The Labute approximate surface area is 206 Å². The van der Waals surface area contributed by atoms with Crippen LogP contribution in [0.2, 0.25) is 0 Å². The van der Waals surface area contributed by atoms with Crippen LogP contribution in [0, 0.1) is 6.92 Å². The van der Waals surface area contributed by atoms with Gasteiger partial charge in [0, 0.05) is 43.2 Å². The number of aromatic nitrogens is 2. The van der Waals surface area contributed by atoms with E-state index in [-0.39, 0.29) is 11.8 Å². The number of carbonyl (C=O) groups excluding carboxylic acids is 1. The number of benzene rings is 2. The molecule has 0 atom stereocenters. The predicted molar refractivity (Wildman–Crippen MR) is 131 cm³/mol. The molecule has 0 aliphatic carbocycles. The molecule has 3 heterocycles. The molecule has 3 aromatic rings. The molecule has 8 nitrogen and oxygen atoms in total. The number of hydrogen-bond donors (Lipinski definition) is 0. The van der Waals surface area contributed by atoms with Gasteiger partial charge in [-0.1, -0.05) is 35.0 Å². The van der Waals surface area contributed by atoms with Crippen molar-refractivity contribution in [3.05, 3.63) is 65.5 Å². The van der Waals surface area contributed by atoms with Crippen LogP contribution in [-0.4, -0.2) is 59.8 Å². The van der Waals surface area contributed by atoms with Crippen molar-refractivity contribution >= 4 is 15.9 Å². The van der Waals surface area contributed by atoms with Gasteiger partial charge in [0.15, 0.2) is 0 Å². The molecule has 0 spiro atoms. The van der Waals surface area contributed by atoms with Crippen molar-refractivity contribution in [2.75, 3.05) is 26.2 Å². The number of hydrogen-bond acceptors (Lipinski definition) is 6. The minimum atomic E-state index is -3.51. The molecule has 35 heavy (non-hydrogen) atoms. The highest BCUT2D eigenvalue weighted by atomic mass is 32.2. The Balaban J connectivity index is 1.25. The number of likely N-dealkylation sites (tertiary alicyclic amines) is 1. The fourth-order valence-corrected chi connectivity index (χ4v) is 6.26. The molecule has 2 fully saturated rings. The quantitative estimate of drug-likeness (QED) is 0.526. The van der Waals surface area contributed by atoms with Crippen molar-refractivity contribution in [2.45, 2.75) is 49.8 Å². The first-order valence-corrected chi connectivity index (χ1v) is 13.7. The predicted octanol–water partition coefficient (Wildman–Crippen LogP) is 4.24. The number of sulfonamides is 1. The Morgan fingerprint density at radius 2 is 1.69 bits per heavy atom. The van der Waals surface area contributed by atoms with Gasteiger partial charge in [0.25, 0.3) is 5.91 Å². The van der Waals surface area contributed by atoms with E-state index < -0.39 is 10.0 Å². The standard InChI is InChI=1S/C26H30N4O4S/c1-19-8-10-23(11-9-19)35(32,33)30-16-12-20(13-17-30)25-27-24(28-34-25)21-6-5-7-22(18-21)26(31)29-14-3-2-4-15-29/h5-11,18,20H,2-4,12-17H2,1H3. The molecule has 0 N–H and O–H groups in total. The van der Waals surface area contributed by atoms with Crippen molar-refractivity contribution in [1.29, 1.82) is 0 Å². The third-order valence-electron chi connectivity index (χ3n) is 6.91. The molecule has 1 amide bonds. The zero-order valence-corrected chi connectivity index (χ0v) is 20.7. The lowest BCUT2D eigenvalue weighted by atomic mass is 9.98. The summed E-state index contributed by atoms with van der Waals surface area (Å²) in [4.78, 5) is 19.7. The monoisotopic (exact) mass is 494 g/mol. The van der Waals surface area contributed by atoms with E-state index in [1.807, 2.05) is 48.2 Å². The highest BCUT2D eigenvalue weighted by molar-refractivity contribution is 7.89. The second kappa shape index (κ2) is 9.91. The molecule has 2 saturated heterocycles. The molecule has 0 unspecified atom stereocenters. The van der Waals surface area contributed by atoms with Crippen molar-refractivity contribution < 1.29 is 17.7 Å². The number of piperidine rings is 2. The lowest BCUT2D eigenvalue weighted by molar-refractivity contribution is 0.0724. The maximum Gasteiger partial charge on any atom is 0.253 e. The van der Waals surface area contributed by atoms with E-state index in [9.17, 15) is 13.2 Å². The van der Waals surface area contributed by atoms with Crippen LogP contribution in [0.5, 0.6) is 0 Å². The molecule has 9 heteroatoms. The van der Waals surface area contributed by atoms with Crippen LogP contribution in [0.4, 0.5) is 0 Å². The van der Waals surface area contributed by atoms with Crippen molar-refractivity contribution in [1.82, 2.24) is 19.3 Å². The van der Waals surface area contributed by atoms with Gasteiger partial charge in [-0.25, -0.2) is 8.42 Å². The van der Waals surface area contributed by atoms with Gasteiger partial charge in [-0.3, -0.25) is 4.79 Å². The first-order chi connectivity index (χ1) is 16.9. The zero-order valence-electron chi connectivity index (χ0n) is 19.9. The summed E-state index contributed by atoms with van der Waals surface area (Å²) in [7, 11) is -3.51. The third-order valence-corrected chi connectivity index (χ3v) is 8.83. The minimum Gasteiger partial charge on any atom is -0.339 e. The molecule has 2 aliphatic heterocycles. The van der Waals surface area contributed by atoms with E-state index in [4.69, 9.17) is 4.52 Å². The molecule has 0 saturated carbocycles. The number of carbonyl (C=O) groups is 1. The average molecular weight is 495 g/mol. The van der Waals surface area contributed by atoms with Crippen LogP contribution in [-0.2, 0) is 10.0 Å². The molecule has 5 rings (SSSR count). The molecule has 184 valence electrons. The zero-order chi connectivity index (χ0) is 24.4. The van der Waals surface area contributed by atoms with Gasteiger partial charge >= 0.3 is 0 Å². The first kappa shape index (κ1) is 23.7. The van der Waals surface area contributed by atoms with Crippen LogP contribution in [0.25, 0.3) is 11.4 Å². The fourth-order valence-electron chi connectivity index (χ4n) is 4.79. The number of amides is 1. The van der Waals surface area contributed by atoms with Crippen LogP contribution in [0.1, 0.15) is 59.8 Å². The van der Waals surface area contributed by atoms with Gasteiger partial charge in [0.1, 0.15) is 0 Å². The summed E-state index contributed by atoms with van der Waals surface area (Å²) in [5, 5.41) is 4.16. The summed E-state index contributed by atoms with van der Waals surface area (Å²) in [5.74, 6) is 0.999. The van der Waals surface area contributed by atoms with E-state index in [2.05, 4.69) is 10.1 Å². The third kappa shape index (κ3) is 5.01. The normalized spacial score (nSPS) is 18.0. The second-order valence-electron chi connectivity index (χ2n) is 9.38. The van der Waals surface area contributed by atoms with E-state index in [1.165, 1.54) is 10.7 Å². The van der Waals surface area contributed by atoms with Gasteiger partial charge in [0.05, 0.1) is 4.90 Å². The molecule has 0 radical (unpaired) electrons. The highest BCUT2D eigenvalue weighted by Crippen LogP contribution is 2.31. The molecule has 0 bridgehead atoms. The van der Waals surface area contributed by atoms with E-state index in [0.29, 0.717) is 48.1 Å². The summed E-state index contributed by atoms with van der Waals surface area (Å²) >= 11 is 0. The molecule has 1 aromatic heterocycles. The number of rotatable bonds is 5. The highest BCUT2D eigenvalue weighted by Gasteiger charge is 2.32. The van der Waals surface area contributed by atoms with Crippen LogP contribution >= 0.6 is 0 Å². The van der Waals surface area contributed by atoms with E-state index in [0.717, 1.165) is 37.1 Å². The lowest BCUT2D eigenvalue weighted by Crippen LogP contribution is -2.37. The Hall–Kier alpha value is -3.04. The Morgan fingerprint density at radius 1 is 0.971 bits per heavy atom. The van der Waals surface area contributed by atoms with Crippen molar-refractivity contribution in [2.24, 2.45) is 0 Å². The minimum absolute atomic E-state index is 0.00103. The molecular weight excluding hydrogens is 464 g/mol. The SMILES string of the molecule is Cc1ccc(S(=O)(=O)N2CCC(c3nc(-c4cccc(C(=O)N5CCCCC5)c4)no3)CC2)cc1. The Bertz CT molecular complexity index is 1290. The summed E-state index contributed by atoms with van der Waals surface area (Å²) in [6, 6.07) is 14.3. The first-order valence-electron chi connectivity index (χ1n) is 12.2. The van der Waals surface area contributed by atoms with Gasteiger partial charge in [-0.15, -0.1) is 0 Å². The van der Waals surface area contributed by atoms with Gasteiger partial charge in [0.2, 0.25) is 21.7 Å². The van der Waals surface area contributed by atoms with Crippen molar-refractivity contribution in [3.8, 4) is 11.4 Å². The smallest absolute Gasteiger partial charge is 0.253 e. The van der Waals surface area contributed by atoms with Crippen molar-refractivity contribution in [3.63, 3.8) is 0 Å². The van der Waals surface area contributed by atoms with Crippen LogP contribution in [0.3, 0.4) is 0 Å². The largest absolute Gasteiger partial charge is 0.339 e. The molecule has 2 aliphatic rings. The van der Waals surface area contributed by atoms with Gasteiger partial charge < -0.3 is 9.42 Å². The fraction of sp³-hybridized carbons (Fsp3) is 0.423. The Kier molecular flexibility index (Phi) is 6.71. The van der Waals surface area contributed by atoms with Gasteiger partial charge in [-0.2, -0.15) is 9.29 Å². The topological polar surface area (TPSA) is 96.6 Å². The van der Waals surface area contributed by atoms with Crippen LogP contribution < -0.4 is 0 Å². The lowest BCUT2D eigenvalue weighted by Gasteiger charge is -2.29. The summed E-state index contributed by atoms with van der Waals surface area (Å²) < 4.78 is 33.0. The van der Waals surface area contributed by atoms with E-state index in [1.54, 1.807) is 12.1 Å². The molecule has 2 aromatic carbocycles. The Morgan fingerprint density at radius 3 is 2.40 bits per heavy atom. The second-order valence-corrected chi connectivity index (χ2v) is 11.3. The maximum atomic E-state index is 13.0. The van der Waals surface area contributed by atoms with Crippen LogP contribution in [0.15, 0.2) is 57.9 Å². The average Bonchev–Trinajstić information content (AvgIpc) is 3.40. The summed E-state index contributed by atoms with van der Waals surface area (Å²) in [6.45, 7) is 4.34. The van der Waals surface area contributed by atoms with E-state index >= 15 is 0 Å². The summed E-state index contributed by atoms with van der Waals surface area (Å²) in [6.07, 6.45) is 4.49.